The van der Waals surface area contributed by atoms with Crippen molar-refractivity contribution in [1.82, 2.24) is 4.98 Å². The molecule has 92 valence electrons. The number of hydrogen-bond acceptors (Lipinski definition) is 4. The lowest BCUT2D eigenvalue weighted by molar-refractivity contribution is 0.629. The average Bonchev–Trinajstić information content (AvgIpc) is 2.93. The first-order valence-electron chi connectivity index (χ1n) is 5.93. The van der Waals surface area contributed by atoms with E-state index in [1.165, 1.54) is 0 Å². The molecule has 4 heteroatoms. The van der Waals surface area contributed by atoms with Gasteiger partial charge in [-0.05, 0) is 26.0 Å². The number of nitrogens with one attached hydrogen (secondary N) is 1. The fourth-order valence-electron chi connectivity index (χ4n) is 1.81. The van der Waals surface area contributed by atoms with Crippen LogP contribution in [0.3, 0.4) is 0 Å². The third kappa shape index (κ3) is 2.11. The minimum atomic E-state index is 0.389. The molecule has 0 unspecified atom stereocenters. The van der Waals surface area contributed by atoms with Crippen LogP contribution < -0.4 is 5.32 Å². The Labute approximate surface area is 109 Å². The highest BCUT2D eigenvalue weighted by Crippen LogP contribution is 2.30. The van der Waals surface area contributed by atoms with Crippen molar-refractivity contribution in [3.05, 3.63) is 35.7 Å². The Morgan fingerprint density at radius 1 is 1.28 bits per heavy atom. The van der Waals surface area contributed by atoms with Gasteiger partial charge in [-0.1, -0.05) is 18.2 Å². The van der Waals surface area contributed by atoms with Gasteiger partial charge >= 0.3 is 0 Å². The fourth-order valence-corrected chi connectivity index (χ4v) is 2.66. The van der Waals surface area contributed by atoms with Gasteiger partial charge in [-0.15, -0.1) is 11.3 Å². The lowest BCUT2D eigenvalue weighted by atomic mass is 10.2. The SMILES string of the molecule is CC(C)Nc1nc(-c2cc3ccccc3o2)cs1. The van der Waals surface area contributed by atoms with E-state index in [0.717, 1.165) is 27.6 Å². The Bertz CT molecular complexity index is 636. The van der Waals surface area contributed by atoms with Gasteiger partial charge in [0.2, 0.25) is 0 Å². The molecule has 0 aliphatic heterocycles. The predicted octanol–water partition coefficient (Wildman–Crippen LogP) is 4.38. The van der Waals surface area contributed by atoms with E-state index in [-0.39, 0.29) is 0 Å². The first-order valence-corrected chi connectivity index (χ1v) is 6.81. The van der Waals surface area contributed by atoms with Crippen LogP contribution in [0.4, 0.5) is 5.13 Å². The molecular formula is C14H14N2OS. The number of para-hydroxylation sites is 1. The van der Waals surface area contributed by atoms with E-state index in [0.29, 0.717) is 6.04 Å². The molecule has 0 saturated carbocycles. The number of rotatable bonds is 3. The largest absolute Gasteiger partial charge is 0.454 e. The third-order valence-electron chi connectivity index (χ3n) is 2.59. The standard InChI is InChI=1S/C14H14N2OS/c1-9(2)15-14-16-11(8-18-14)13-7-10-5-3-4-6-12(10)17-13/h3-9H,1-2H3,(H,15,16). The zero-order valence-electron chi connectivity index (χ0n) is 10.3. The second kappa shape index (κ2) is 4.46. The van der Waals surface area contributed by atoms with Crippen molar-refractivity contribution in [1.29, 1.82) is 0 Å². The van der Waals surface area contributed by atoms with Crippen molar-refractivity contribution in [3.63, 3.8) is 0 Å². The summed E-state index contributed by atoms with van der Waals surface area (Å²) in [5.41, 5.74) is 1.79. The summed E-state index contributed by atoms with van der Waals surface area (Å²) in [7, 11) is 0. The van der Waals surface area contributed by atoms with Crippen molar-refractivity contribution in [2.75, 3.05) is 5.32 Å². The smallest absolute Gasteiger partial charge is 0.183 e. The molecule has 0 aliphatic carbocycles. The van der Waals surface area contributed by atoms with Crippen molar-refractivity contribution in [2.45, 2.75) is 19.9 Å². The van der Waals surface area contributed by atoms with Crippen molar-refractivity contribution < 1.29 is 4.42 Å². The topological polar surface area (TPSA) is 38.1 Å². The van der Waals surface area contributed by atoms with Crippen LogP contribution in [0.2, 0.25) is 0 Å². The van der Waals surface area contributed by atoms with Gasteiger partial charge < -0.3 is 9.73 Å². The van der Waals surface area contributed by atoms with Crippen LogP contribution in [-0.4, -0.2) is 11.0 Å². The molecule has 0 radical (unpaired) electrons. The van der Waals surface area contributed by atoms with E-state index < -0.39 is 0 Å². The molecular weight excluding hydrogens is 244 g/mol. The predicted molar refractivity (Wildman–Crippen MR) is 76.1 cm³/mol. The molecule has 0 fully saturated rings. The number of fused-ring (bicyclic) bond motifs is 1. The zero-order chi connectivity index (χ0) is 12.5. The van der Waals surface area contributed by atoms with Crippen LogP contribution in [0.5, 0.6) is 0 Å². The molecule has 1 aromatic carbocycles. The van der Waals surface area contributed by atoms with E-state index in [9.17, 15) is 0 Å². The molecule has 1 N–H and O–H groups in total. The number of thiazole rings is 1. The highest BCUT2D eigenvalue weighted by Gasteiger charge is 2.10. The maximum absolute atomic E-state index is 5.79. The molecule has 0 aliphatic rings. The Kier molecular flexibility index (Phi) is 2.80. The van der Waals surface area contributed by atoms with Gasteiger partial charge in [0.1, 0.15) is 11.3 Å². The minimum absolute atomic E-state index is 0.389. The highest BCUT2D eigenvalue weighted by atomic mass is 32.1. The summed E-state index contributed by atoms with van der Waals surface area (Å²) in [6.45, 7) is 4.20. The third-order valence-corrected chi connectivity index (χ3v) is 3.37. The average molecular weight is 258 g/mol. The van der Waals surface area contributed by atoms with E-state index in [4.69, 9.17) is 4.42 Å². The van der Waals surface area contributed by atoms with Crippen molar-refractivity contribution in [2.24, 2.45) is 0 Å². The second-order valence-electron chi connectivity index (χ2n) is 4.49. The summed E-state index contributed by atoms with van der Waals surface area (Å²) < 4.78 is 5.79. The molecule has 2 aromatic heterocycles. The summed E-state index contributed by atoms with van der Waals surface area (Å²) >= 11 is 1.60. The molecule has 2 heterocycles. The maximum atomic E-state index is 5.79. The van der Waals surface area contributed by atoms with Crippen LogP contribution >= 0.6 is 11.3 Å². The molecule has 0 spiro atoms. The Balaban J connectivity index is 1.96. The molecule has 0 amide bonds. The zero-order valence-corrected chi connectivity index (χ0v) is 11.1. The molecule has 3 nitrogen and oxygen atoms in total. The summed E-state index contributed by atoms with van der Waals surface area (Å²) in [6.07, 6.45) is 0. The van der Waals surface area contributed by atoms with Crippen LogP contribution in [0, 0.1) is 0 Å². The van der Waals surface area contributed by atoms with E-state index in [2.05, 4.69) is 24.1 Å². The first-order chi connectivity index (χ1) is 8.72. The number of furan rings is 1. The van der Waals surface area contributed by atoms with E-state index in [1.54, 1.807) is 11.3 Å². The Hall–Kier alpha value is -1.81. The van der Waals surface area contributed by atoms with Gasteiger partial charge in [-0.2, -0.15) is 0 Å². The number of aromatic nitrogens is 1. The van der Waals surface area contributed by atoms with Crippen molar-refractivity contribution in [3.8, 4) is 11.5 Å². The van der Waals surface area contributed by atoms with Gasteiger partial charge in [0.15, 0.2) is 10.9 Å². The second-order valence-corrected chi connectivity index (χ2v) is 5.34. The number of nitrogens with zero attached hydrogens (tertiary/aromatic N) is 1. The Morgan fingerprint density at radius 3 is 2.89 bits per heavy atom. The molecule has 3 aromatic rings. The van der Waals surface area contributed by atoms with Gasteiger partial charge in [0.25, 0.3) is 0 Å². The van der Waals surface area contributed by atoms with E-state index >= 15 is 0 Å². The summed E-state index contributed by atoms with van der Waals surface area (Å²) in [4.78, 5) is 4.53. The number of anilines is 1. The molecule has 18 heavy (non-hydrogen) atoms. The van der Waals surface area contributed by atoms with Gasteiger partial charge in [-0.3, -0.25) is 0 Å². The monoisotopic (exact) mass is 258 g/mol. The van der Waals surface area contributed by atoms with Gasteiger partial charge in [0.05, 0.1) is 0 Å². The number of benzene rings is 1. The maximum Gasteiger partial charge on any atom is 0.183 e. The lowest BCUT2D eigenvalue weighted by Gasteiger charge is -2.03. The molecule has 3 rings (SSSR count). The van der Waals surface area contributed by atoms with E-state index in [1.807, 2.05) is 35.7 Å². The Morgan fingerprint density at radius 2 is 2.11 bits per heavy atom. The van der Waals surface area contributed by atoms with Crippen LogP contribution in [0.25, 0.3) is 22.4 Å². The summed E-state index contributed by atoms with van der Waals surface area (Å²) in [6, 6.07) is 10.4. The minimum Gasteiger partial charge on any atom is -0.454 e. The summed E-state index contributed by atoms with van der Waals surface area (Å²) in [5, 5.41) is 7.35. The molecule has 0 bridgehead atoms. The van der Waals surface area contributed by atoms with Crippen molar-refractivity contribution >= 4 is 27.4 Å². The van der Waals surface area contributed by atoms with Crippen LogP contribution in [0.1, 0.15) is 13.8 Å². The normalized spacial score (nSPS) is 11.3. The molecule has 0 atom stereocenters. The molecule has 0 saturated heterocycles. The summed E-state index contributed by atoms with van der Waals surface area (Å²) in [5.74, 6) is 0.823. The fraction of sp³-hybridized carbons (Fsp3) is 0.214. The van der Waals surface area contributed by atoms with Crippen LogP contribution in [-0.2, 0) is 0 Å². The van der Waals surface area contributed by atoms with Crippen LogP contribution in [0.15, 0.2) is 40.1 Å². The van der Waals surface area contributed by atoms with Gasteiger partial charge in [0, 0.05) is 16.8 Å². The number of hydrogen-bond donors (Lipinski definition) is 1. The quantitative estimate of drug-likeness (QED) is 0.757. The highest BCUT2D eigenvalue weighted by molar-refractivity contribution is 7.14. The lowest BCUT2D eigenvalue weighted by Crippen LogP contribution is -2.08. The van der Waals surface area contributed by atoms with Gasteiger partial charge in [-0.25, -0.2) is 4.98 Å². The first kappa shape index (κ1) is 11.3.